The highest BCUT2D eigenvalue weighted by atomic mass is 16.6. The number of ether oxygens (including phenoxy) is 2. The summed E-state index contributed by atoms with van der Waals surface area (Å²) < 4.78 is 11.1. The molecule has 1 aliphatic carbocycles. The average Bonchev–Trinajstić information content (AvgIpc) is 2.80. The standard InChI is InChI=1S/C13H20O3/c1-2-12(14)16-13(8-9-15-10-13)11-6-4-3-5-7-11/h2,11H,1,3-10H2. The third-order valence-electron chi connectivity index (χ3n) is 3.84. The predicted octanol–water partition coefficient (Wildman–Crippen LogP) is 2.46. The van der Waals surface area contributed by atoms with E-state index in [0.717, 1.165) is 19.3 Å². The zero-order chi connectivity index (χ0) is 11.4. The van der Waals surface area contributed by atoms with Crippen LogP contribution in [-0.4, -0.2) is 24.8 Å². The second-order valence-electron chi connectivity index (χ2n) is 4.83. The van der Waals surface area contributed by atoms with Gasteiger partial charge in [-0.05, 0) is 12.8 Å². The lowest BCUT2D eigenvalue weighted by Gasteiger charge is -2.37. The fourth-order valence-electron chi connectivity index (χ4n) is 2.92. The molecule has 3 nitrogen and oxygen atoms in total. The zero-order valence-corrected chi connectivity index (χ0v) is 9.74. The molecule has 1 heterocycles. The Morgan fingerprint density at radius 1 is 1.38 bits per heavy atom. The van der Waals surface area contributed by atoms with Gasteiger partial charge in [-0.3, -0.25) is 0 Å². The van der Waals surface area contributed by atoms with Crippen molar-refractivity contribution < 1.29 is 14.3 Å². The van der Waals surface area contributed by atoms with Crippen LogP contribution in [0.4, 0.5) is 0 Å². The van der Waals surface area contributed by atoms with Crippen LogP contribution in [0.3, 0.4) is 0 Å². The molecule has 0 bridgehead atoms. The summed E-state index contributed by atoms with van der Waals surface area (Å²) >= 11 is 0. The third-order valence-corrected chi connectivity index (χ3v) is 3.84. The van der Waals surface area contributed by atoms with Gasteiger partial charge in [-0.25, -0.2) is 4.79 Å². The van der Waals surface area contributed by atoms with Crippen molar-refractivity contribution in [2.75, 3.05) is 13.2 Å². The molecule has 90 valence electrons. The Labute approximate surface area is 96.8 Å². The van der Waals surface area contributed by atoms with Gasteiger partial charge in [0.05, 0.1) is 13.2 Å². The van der Waals surface area contributed by atoms with Crippen LogP contribution in [0, 0.1) is 5.92 Å². The Morgan fingerprint density at radius 3 is 2.69 bits per heavy atom. The van der Waals surface area contributed by atoms with Gasteiger partial charge >= 0.3 is 5.97 Å². The summed E-state index contributed by atoms with van der Waals surface area (Å²) in [5.74, 6) is 0.170. The minimum Gasteiger partial charge on any atom is -0.453 e. The van der Waals surface area contributed by atoms with Gasteiger partial charge in [0.2, 0.25) is 0 Å². The maximum absolute atomic E-state index is 11.4. The summed E-state index contributed by atoms with van der Waals surface area (Å²) in [5.41, 5.74) is -0.355. The second-order valence-corrected chi connectivity index (χ2v) is 4.83. The van der Waals surface area contributed by atoms with Crippen LogP contribution >= 0.6 is 0 Å². The second kappa shape index (κ2) is 5.00. The highest BCUT2D eigenvalue weighted by Gasteiger charge is 2.45. The van der Waals surface area contributed by atoms with E-state index in [4.69, 9.17) is 9.47 Å². The van der Waals surface area contributed by atoms with Crippen LogP contribution in [0.5, 0.6) is 0 Å². The average molecular weight is 224 g/mol. The molecular weight excluding hydrogens is 204 g/mol. The Morgan fingerprint density at radius 2 is 2.12 bits per heavy atom. The van der Waals surface area contributed by atoms with Crippen LogP contribution < -0.4 is 0 Å². The van der Waals surface area contributed by atoms with E-state index >= 15 is 0 Å². The van der Waals surface area contributed by atoms with E-state index in [1.54, 1.807) is 0 Å². The maximum atomic E-state index is 11.4. The van der Waals surface area contributed by atoms with Gasteiger partial charge < -0.3 is 9.47 Å². The SMILES string of the molecule is C=CC(=O)OC1(C2CCCCC2)CCOC1. The molecule has 2 aliphatic rings. The maximum Gasteiger partial charge on any atom is 0.330 e. The molecule has 0 radical (unpaired) electrons. The monoisotopic (exact) mass is 224 g/mol. The van der Waals surface area contributed by atoms with E-state index in [-0.39, 0.29) is 11.6 Å². The van der Waals surface area contributed by atoms with Gasteiger partial charge in [0.1, 0.15) is 5.60 Å². The molecule has 0 aromatic rings. The normalized spacial score (nSPS) is 31.2. The highest BCUT2D eigenvalue weighted by molar-refractivity contribution is 5.81. The molecule has 0 spiro atoms. The molecule has 1 unspecified atom stereocenters. The van der Waals surface area contributed by atoms with Crippen molar-refractivity contribution in [1.82, 2.24) is 0 Å². The predicted molar refractivity (Wildman–Crippen MR) is 61.0 cm³/mol. The van der Waals surface area contributed by atoms with Crippen molar-refractivity contribution >= 4 is 5.97 Å². The summed E-state index contributed by atoms with van der Waals surface area (Å²) in [6.45, 7) is 4.74. The number of esters is 1. The van der Waals surface area contributed by atoms with E-state index in [1.807, 2.05) is 0 Å². The molecule has 16 heavy (non-hydrogen) atoms. The van der Waals surface area contributed by atoms with Crippen LogP contribution in [0.15, 0.2) is 12.7 Å². The first-order valence-corrected chi connectivity index (χ1v) is 6.20. The number of carbonyl (C=O) groups is 1. The quantitative estimate of drug-likeness (QED) is 0.545. The first-order valence-electron chi connectivity index (χ1n) is 6.20. The smallest absolute Gasteiger partial charge is 0.330 e. The van der Waals surface area contributed by atoms with Crippen molar-refractivity contribution in [2.45, 2.75) is 44.1 Å². The van der Waals surface area contributed by atoms with Crippen molar-refractivity contribution in [3.05, 3.63) is 12.7 Å². The molecule has 1 atom stereocenters. The molecule has 1 saturated heterocycles. The van der Waals surface area contributed by atoms with Gasteiger partial charge in [0, 0.05) is 18.4 Å². The van der Waals surface area contributed by atoms with Gasteiger partial charge in [-0.2, -0.15) is 0 Å². The Kier molecular flexibility index (Phi) is 3.64. The van der Waals surface area contributed by atoms with E-state index in [9.17, 15) is 4.79 Å². The lowest BCUT2D eigenvalue weighted by Crippen LogP contribution is -2.44. The summed E-state index contributed by atoms with van der Waals surface area (Å²) in [6.07, 6.45) is 8.22. The molecule has 0 N–H and O–H groups in total. The fraction of sp³-hybridized carbons (Fsp3) is 0.769. The van der Waals surface area contributed by atoms with Gasteiger partial charge in [-0.1, -0.05) is 25.8 Å². The summed E-state index contributed by atoms with van der Waals surface area (Å²) in [4.78, 5) is 11.4. The summed E-state index contributed by atoms with van der Waals surface area (Å²) in [7, 11) is 0. The molecular formula is C13H20O3. The molecule has 0 aromatic carbocycles. The van der Waals surface area contributed by atoms with Crippen LogP contribution in [-0.2, 0) is 14.3 Å². The molecule has 1 saturated carbocycles. The summed E-state index contributed by atoms with van der Waals surface area (Å²) in [5, 5.41) is 0. The van der Waals surface area contributed by atoms with Crippen LogP contribution in [0.2, 0.25) is 0 Å². The topological polar surface area (TPSA) is 35.5 Å². The Hall–Kier alpha value is -0.830. The lowest BCUT2D eigenvalue weighted by molar-refractivity contribution is -0.161. The highest BCUT2D eigenvalue weighted by Crippen LogP contribution is 2.40. The Balaban J connectivity index is 2.07. The third kappa shape index (κ3) is 2.29. The molecule has 3 heteroatoms. The molecule has 0 aromatic heterocycles. The van der Waals surface area contributed by atoms with Crippen molar-refractivity contribution in [3.8, 4) is 0 Å². The van der Waals surface area contributed by atoms with Gasteiger partial charge in [0.15, 0.2) is 0 Å². The molecule has 1 aliphatic heterocycles. The van der Waals surface area contributed by atoms with Crippen molar-refractivity contribution in [2.24, 2.45) is 5.92 Å². The first-order chi connectivity index (χ1) is 7.77. The van der Waals surface area contributed by atoms with Crippen LogP contribution in [0.25, 0.3) is 0 Å². The molecule has 2 rings (SSSR count). The number of hydrogen-bond acceptors (Lipinski definition) is 3. The first kappa shape index (κ1) is 11.6. The largest absolute Gasteiger partial charge is 0.453 e. The van der Waals surface area contributed by atoms with E-state index in [1.165, 1.54) is 25.3 Å². The van der Waals surface area contributed by atoms with E-state index in [2.05, 4.69) is 6.58 Å². The lowest BCUT2D eigenvalue weighted by atomic mass is 9.76. The molecule has 2 fully saturated rings. The molecule has 0 amide bonds. The van der Waals surface area contributed by atoms with Crippen molar-refractivity contribution in [1.29, 1.82) is 0 Å². The van der Waals surface area contributed by atoms with Gasteiger partial charge in [-0.15, -0.1) is 0 Å². The summed E-state index contributed by atoms with van der Waals surface area (Å²) in [6, 6.07) is 0. The Bertz CT molecular complexity index is 260. The fourth-order valence-corrected chi connectivity index (χ4v) is 2.92. The van der Waals surface area contributed by atoms with Gasteiger partial charge in [0.25, 0.3) is 0 Å². The van der Waals surface area contributed by atoms with E-state index in [0.29, 0.717) is 19.1 Å². The minimum absolute atomic E-state index is 0.309. The van der Waals surface area contributed by atoms with Crippen LogP contribution in [0.1, 0.15) is 38.5 Å². The zero-order valence-electron chi connectivity index (χ0n) is 9.74. The minimum atomic E-state index is -0.355. The van der Waals surface area contributed by atoms with Crippen molar-refractivity contribution in [3.63, 3.8) is 0 Å². The number of rotatable bonds is 3. The number of hydrogen-bond donors (Lipinski definition) is 0. The number of carbonyl (C=O) groups excluding carboxylic acids is 1. The van der Waals surface area contributed by atoms with E-state index < -0.39 is 0 Å².